The normalized spacial score (nSPS) is 17.1. The van der Waals surface area contributed by atoms with Crippen LogP contribution in [0.5, 0.6) is 0 Å². The number of rotatable bonds is 3. The Balaban J connectivity index is 1.81. The Kier molecular flexibility index (Phi) is 3.35. The van der Waals surface area contributed by atoms with E-state index in [1.54, 1.807) is 4.57 Å². The molecule has 19 heavy (non-hydrogen) atoms. The molecule has 1 N–H and O–H groups in total. The van der Waals surface area contributed by atoms with Gasteiger partial charge in [-0.2, -0.15) is 0 Å². The molecule has 3 heterocycles. The lowest BCUT2D eigenvalue weighted by Crippen LogP contribution is -2.39. The maximum atomic E-state index is 11.9. The van der Waals surface area contributed by atoms with Crippen molar-refractivity contribution in [3.05, 3.63) is 28.3 Å². The van der Waals surface area contributed by atoms with E-state index < -0.39 is 0 Å². The number of hydrogen-bond donors (Lipinski definition) is 1. The van der Waals surface area contributed by atoms with Gasteiger partial charge in [0.15, 0.2) is 5.65 Å². The van der Waals surface area contributed by atoms with Crippen LogP contribution >= 0.6 is 0 Å². The summed E-state index contributed by atoms with van der Waals surface area (Å²) in [4.78, 5) is 21.5. The summed E-state index contributed by atoms with van der Waals surface area (Å²) in [6, 6.07) is 3.81. The number of ether oxygens (including phenoxy) is 1. The Morgan fingerprint density at radius 3 is 2.89 bits per heavy atom. The first kappa shape index (κ1) is 12.4. The van der Waals surface area contributed by atoms with E-state index in [0.29, 0.717) is 6.54 Å². The van der Waals surface area contributed by atoms with Crippen LogP contribution in [0.15, 0.2) is 16.9 Å². The van der Waals surface area contributed by atoms with Gasteiger partial charge in [-0.3, -0.25) is 9.47 Å². The highest BCUT2D eigenvalue weighted by Crippen LogP contribution is 2.08. The average Bonchev–Trinajstić information content (AvgIpc) is 2.73. The van der Waals surface area contributed by atoms with Crippen molar-refractivity contribution in [3.8, 4) is 0 Å². The van der Waals surface area contributed by atoms with Crippen molar-refractivity contribution >= 4 is 11.2 Å². The fourth-order valence-corrected chi connectivity index (χ4v) is 2.40. The van der Waals surface area contributed by atoms with Gasteiger partial charge >= 0.3 is 5.69 Å². The van der Waals surface area contributed by atoms with Gasteiger partial charge in [0.05, 0.1) is 18.7 Å². The molecule has 0 amide bonds. The third-order valence-electron chi connectivity index (χ3n) is 3.50. The number of aromatic nitrogens is 3. The van der Waals surface area contributed by atoms with Crippen LogP contribution in [-0.2, 0) is 11.3 Å². The Morgan fingerprint density at radius 1 is 1.32 bits per heavy atom. The van der Waals surface area contributed by atoms with Crippen LogP contribution < -0.4 is 5.69 Å². The van der Waals surface area contributed by atoms with E-state index in [-0.39, 0.29) is 5.69 Å². The van der Waals surface area contributed by atoms with Crippen molar-refractivity contribution in [3.63, 3.8) is 0 Å². The van der Waals surface area contributed by atoms with Gasteiger partial charge in [0.25, 0.3) is 0 Å². The van der Waals surface area contributed by atoms with Crippen LogP contribution in [0.25, 0.3) is 11.2 Å². The first-order valence-electron chi connectivity index (χ1n) is 6.60. The summed E-state index contributed by atoms with van der Waals surface area (Å²) in [5.74, 6) is 0. The van der Waals surface area contributed by atoms with Crippen molar-refractivity contribution in [1.29, 1.82) is 0 Å². The minimum atomic E-state index is -0.0821. The Bertz CT molecular complexity index is 625. The molecule has 0 spiro atoms. The predicted molar refractivity (Wildman–Crippen MR) is 72.3 cm³/mol. The molecule has 2 aromatic heterocycles. The quantitative estimate of drug-likeness (QED) is 0.868. The summed E-state index contributed by atoms with van der Waals surface area (Å²) in [5, 5.41) is 0. The molecule has 1 aliphatic rings. The zero-order valence-electron chi connectivity index (χ0n) is 11.1. The maximum absolute atomic E-state index is 11.9. The van der Waals surface area contributed by atoms with Crippen LogP contribution in [0.2, 0.25) is 0 Å². The summed E-state index contributed by atoms with van der Waals surface area (Å²) < 4.78 is 7.04. The summed E-state index contributed by atoms with van der Waals surface area (Å²) in [6.07, 6.45) is 0. The van der Waals surface area contributed by atoms with Gasteiger partial charge in [-0.15, -0.1) is 0 Å². The van der Waals surface area contributed by atoms with Crippen molar-refractivity contribution < 1.29 is 4.74 Å². The first-order chi connectivity index (χ1) is 9.24. The molecule has 0 aliphatic carbocycles. The molecule has 6 heteroatoms. The lowest BCUT2D eigenvalue weighted by molar-refractivity contribution is 0.0364. The highest BCUT2D eigenvalue weighted by molar-refractivity contribution is 5.70. The van der Waals surface area contributed by atoms with E-state index in [1.165, 1.54) is 0 Å². The second kappa shape index (κ2) is 5.14. The van der Waals surface area contributed by atoms with Gasteiger partial charge in [-0.25, -0.2) is 9.78 Å². The molecule has 1 fully saturated rings. The topological polar surface area (TPSA) is 63.2 Å². The molecule has 0 atom stereocenters. The Labute approximate surface area is 111 Å². The molecule has 0 saturated carbocycles. The van der Waals surface area contributed by atoms with Crippen LogP contribution in [0.4, 0.5) is 0 Å². The van der Waals surface area contributed by atoms with Crippen LogP contribution in [0, 0.1) is 6.92 Å². The average molecular weight is 262 g/mol. The smallest absolute Gasteiger partial charge is 0.327 e. The molecule has 1 aliphatic heterocycles. The summed E-state index contributed by atoms with van der Waals surface area (Å²) in [5.41, 5.74) is 2.39. The SMILES string of the molecule is Cc1ccc2[nH]c(=O)n(CCN3CCOCC3)c2n1. The number of imidazole rings is 1. The van der Waals surface area contributed by atoms with Gasteiger partial charge in [-0.1, -0.05) is 0 Å². The maximum Gasteiger partial charge on any atom is 0.327 e. The highest BCUT2D eigenvalue weighted by Gasteiger charge is 2.12. The highest BCUT2D eigenvalue weighted by atomic mass is 16.5. The van der Waals surface area contributed by atoms with Gasteiger partial charge in [0.2, 0.25) is 0 Å². The number of morpholine rings is 1. The number of aryl methyl sites for hydroxylation is 1. The number of aromatic amines is 1. The van der Waals surface area contributed by atoms with Gasteiger partial charge < -0.3 is 9.72 Å². The molecule has 0 aromatic carbocycles. The van der Waals surface area contributed by atoms with E-state index in [1.807, 2.05) is 19.1 Å². The van der Waals surface area contributed by atoms with Crippen LogP contribution in [0.1, 0.15) is 5.69 Å². The first-order valence-corrected chi connectivity index (χ1v) is 6.60. The number of nitrogens with one attached hydrogen (secondary N) is 1. The van der Waals surface area contributed by atoms with Crippen LogP contribution in [-0.4, -0.2) is 52.3 Å². The minimum absolute atomic E-state index is 0.0821. The number of fused-ring (bicyclic) bond motifs is 1. The van der Waals surface area contributed by atoms with Gasteiger partial charge in [-0.05, 0) is 19.1 Å². The molecule has 3 rings (SSSR count). The molecule has 1 saturated heterocycles. The van der Waals surface area contributed by atoms with Gasteiger partial charge in [0, 0.05) is 31.9 Å². The van der Waals surface area contributed by atoms with E-state index >= 15 is 0 Å². The van der Waals surface area contributed by atoms with Gasteiger partial charge in [0.1, 0.15) is 0 Å². The summed E-state index contributed by atoms with van der Waals surface area (Å²) >= 11 is 0. The number of pyridine rings is 1. The van der Waals surface area contributed by atoms with Crippen molar-refractivity contribution in [2.75, 3.05) is 32.8 Å². The monoisotopic (exact) mass is 262 g/mol. The van der Waals surface area contributed by atoms with E-state index in [0.717, 1.165) is 49.7 Å². The Hall–Kier alpha value is -1.66. The summed E-state index contributed by atoms with van der Waals surface area (Å²) in [6.45, 7) is 6.87. The lowest BCUT2D eigenvalue weighted by Gasteiger charge is -2.26. The zero-order chi connectivity index (χ0) is 13.2. The second-order valence-corrected chi connectivity index (χ2v) is 4.86. The molecular weight excluding hydrogens is 244 g/mol. The fourth-order valence-electron chi connectivity index (χ4n) is 2.40. The number of H-pyrrole nitrogens is 1. The lowest BCUT2D eigenvalue weighted by atomic mass is 10.3. The van der Waals surface area contributed by atoms with E-state index in [2.05, 4.69) is 14.9 Å². The molecule has 2 aromatic rings. The minimum Gasteiger partial charge on any atom is -0.379 e. The summed E-state index contributed by atoms with van der Waals surface area (Å²) in [7, 11) is 0. The Morgan fingerprint density at radius 2 is 2.11 bits per heavy atom. The zero-order valence-corrected chi connectivity index (χ0v) is 11.1. The fraction of sp³-hybridized carbons (Fsp3) is 0.538. The number of nitrogens with zero attached hydrogens (tertiary/aromatic N) is 3. The van der Waals surface area contributed by atoms with Crippen molar-refractivity contribution in [1.82, 2.24) is 19.4 Å². The molecular formula is C13H18N4O2. The molecule has 0 radical (unpaired) electrons. The second-order valence-electron chi connectivity index (χ2n) is 4.86. The predicted octanol–water partition coefficient (Wildman–Crippen LogP) is 0.365. The number of hydrogen-bond acceptors (Lipinski definition) is 4. The van der Waals surface area contributed by atoms with Crippen molar-refractivity contribution in [2.45, 2.75) is 13.5 Å². The largest absolute Gasteiger partial charge is 0.379 e. The molecule has 6 nitrogen and oxygen atoms in total. The van der Waals surface area contributed by atoms with Crippen LogP contribution in [0.3, 0.4) is 0 Å². The standard InChI is InChI=1S/C13H18N4O2/c1-10-2-3-11-12(14-10)17(13(18)15-11)5-4-16-6-8-19-9-7-16/h2-3H,4-9H2,1H3,(H,15,18). The van der Waals surface area contributed by atoms with Crippen molar-refractivity contribution in [2.24, 2.45) is 0 Å². The van der Waals surface area contributed by atoms with E-state index in [4.69, 9.17) is 4.74 Å². The molecule has 102 valence electrons. The third-order valence-corrected chi connectivity index (χ3v) is 3.50. The van der Waals surface area contributed by atoms with E-state index in [9.17, 15) is 4.79 Å². The molecule has 0 unspecified atom stereocenters. The third kappa shape index (κ3) is 2.54. The molecule has 0 bridgehead atoms.